The molecule has 0 aliphatic carbocycles. The van der Waals surface area contributed by atoms with Gasteiger partial charge in [0, 0.05) is 6.54 Å². The summed E-state index contributed by atoms with van der Waals surface area (Å²) in [6.45, 7) is 0.0418. The lowest BCUT2D eigenvalue weighted by Crippen LogP contribution is -2.21. The first-order valence-electron chi connectivity index (χ1n) is 4.36. The maximum absolute atomic E-state index is 10.9. The summed E-state index contributed by atoms with van der Waals surface area (Å²) in [5.41, 5.74) is 5.97. The van der Waals surface area contributed by atoms with Crippen LogP contribution in [0.3, 0.4) is 0 Å². The number of benzene rings is 1. The molecule has 0 heterocycles. The Balaban J connectivity index is 3.09. The molecule has 1 atom stereocenters. The minimum absolute atomic E-state index is 0.0418. The van der Waals surface area contributed by atoms with E-state index in [1.54, 1.807) is 18.2 Å². The number of hydrogen-bond donors (Lipinski definition) is 2. The van der Waals surface area contributed by atoms with Crippen LogP contribution in [0.5, 0.6) is 5.75 Å². The van der Waals surface area contributed by atoms with E-state index in [0.717, 1.165) is 0 Å². The van der Waals surface area contributed by atoms with Crippen molar-refractivity contribution in [3.05, 3.63) is 28.8 Å². The van der Waals surface area contributed by atoms with E-state index in [2.05, 4.69) is 0 Å². The lowest BCUT2D eigenvalue weighted by molar-refractivity contribution is -0.138. The van der Waals surface area contributed by atoms with Gasteiger partial charge < -0.3 is 15.6 Å². The van der Waals surface area contributed by atoms with Gasteiger partial charge in [-0.3, -0.25) is 4.79 Å². The molecular formula is C10H12ClNO3. The molecule has 0 saturated heterocycles. The van der Waals surface area contributed by atoms with Gasteiger partial charge in [0.2, 0.25) is 0 Å². The van der Waals surface area contributed by atoms with E-state index in [1.165, 1.54) is 7.11 Å². The number of halogens is 1. The van der Waals surface area contributed by atoms with Gasteiger partial charge >= 0.3 is 5.97 Å². The number of carbonyl (C=O) groups is 1. The minimum atomic E-state index is -0.957. The van der Waals surface area contributed by atoms with Crippen LogP contribution in [-0.4, -0.2) is 24.7 Å². The lowest BCUT2D eigenvalue weighted by atomic mass is 9.99. The summed E-state index contributed by atoms with van der Waals surface area (Å²) in [4.78, 5) is 10.9. The number of hydrogen-bond acceptors (Lipinski definition) is 3. The summed E-state index contributed by atoms with van der Waals surface area (Å²) in [5, 5.41) is 9.35. The highest BCUT2D eigenvalue weighted by molar-refractivity contribution is 6.32. The van der Waals surface area contributed by atoms with Crippen LogP contribution in [0.25, 0.3) is 0 Å². The van der Waals surface area contributed by atoms with Crippen LogP contribution in [0.15, 0.2) is 18.2 Å². The van der Waals surface area contributed by atoms with Gasteiger partial charge in [0.05, 0.1) is 18.1 Å². The first-order valence-corrected chi connectivity index (χ1v) is 4.74. The molecule has 0 spiro atoms. The number of carboxylic acid groups (broad SMARTS) is 1. The largest absolute Gasteiger partial charge is 0.495 e. The van der Waals surface area contributed by atoms with E-state index < -0.39 is 11.9 Å². The number of aliphatic carboxylic acids is 1. The zero-order chi connectivity index (χ0) is 11.4. The molecule has 1 unspecified atom stereocenters. The number of nitrogens with two attached hydrogens (primary N) is 1. The Morgan fingerprint density at radius 3 is 2.80 bits per heavy atom. The summed E-state index contributed by atoms with van der Waals surface area (Å²) in [6.07, 6.45) is 0. The molecular weight excluding hydrogens is 218 g/mol. The van der Waals surface area contributed by atoms with Crippen molar-refractivity contribution < 1.29 is 14.6 Å². The van der Waals surface area contributed by atoms with Crippen LogP contribution in [0, 0.1) is 0 Å². The van der Waals surface area contributed by atoms with Gasteiger partial charge in [-0.15, -0.1) is 0 Å². The fraction of sp³-hybridized carbons (Fsp3) is 0.300. The molecule has 0 radical (unpaired) electrons. The SMILES string of the molecule is COc1cc(C(CN)C(=O)O)ccc1Cl. The van der Waals surface area contributed by atoms with Crippen LogP contribution in [-0.2, 0) is 4.79 Å². The normalized spacial score (nSPS) is 12.2. The van der Waals surface area contributed by atoms with Crippen molar-refractivity contribution in [3.8, 4) is 5.75 Å². The molecule has 0 aliphatic rings. The van der Waals surface area contributed by atoms with E-state index in [-0.39, 0.29) is 6.54 Å². The maximum Gasteiger partial charge on any atom is 0.312 e. The summed E-state index contributed by atoms with van der Waals surface area (Å²) < 4.78 is 4.99. The molecule has 0 aromatic heterocycles. The molecule has 0 fully saturated rings. The Kier molecular flexibility index (Phi) is 3.94. The second kappa shape index (κ2) is 5.00. The van der Waals surface area contributed by atoms with Gasteiger partial charge in [0.1, 0.15) is 5.75 Å². The average molecular weight is 230 g/mol. The molecule has 4 nitrogen and oxygen atoms in total. The Bertz CT molecular complexity index is 368. The van der Waals surface area contributed by atoms with Crippen molar-refractivity contribution in [3.63, 3.8) is 0 Å². The van der Waals surface area contributed by atoms with Gasteiger partial charge in [-0.25, -0.2) is 0 Å². The van der Waals surface area contributed by atoms with E-state index in [1.807, 2.05) is 0 Å². The smallest absolute Gasteiger partial charge is 0.312 e. The lowest BCUT2D eigenvalue weighted by Gasteiger charge is -2.12. The maximum atomic E-state index is 10.9. The molecule has 3 N–H and O–H groups in total. The highest BCUT2D eigenvalue weighted by Gasteiger charge is 2.18. The van der Waals surface area contributed by atoms with Crippen molar-refractivity contribution >= 4 is 17.6 Å². The van der Waals surface area contributed by atoms with Crippen LogP contribution >= 0.6 is 11.6 Å². The number of methoxy groups -OCH3 is 1. The Hall–Kier alpha value is -1.26. The van der Waals surface area contributed by atoms with Gasteiger partial charge in [0.15, 0.2) is 0 Å². The van der Waals surface area contributed by atoms with E-state index in [9.17, 15) is 4.79 Å². The fourth-order valence-electron chi connectivity index (χ4n) is 1.27. The number of ether oxygens (including phenoxy) is 1. The van der Waals surface area contributed by atoms with Crippen molar-refractivity contribution in [2.75, 3.05) is 13.7 Å². The Morgan fingerprint density at radius 1 is 1.67 bits per heavy atom. The average Bonchev–Trinajstić information content (AvgIpc) is 2.21. The molecule has 0 bridgehead atoms. The molecule has 0 amide bonds. The zero-order valence-electron chi connectivity index (χ0n) is 8.24. The standard InChI is InChI=1S/C10H12ClNO3/c1-15-9-4-6(2-3-8(9)11)7(5-12)10(13)14/h2-4,7H,5,12H2,1H3,(H,13,14). The molecule has 82 valence electrons. The van der Waals surface area contributed by atoms with Crippen molar-refractivity contribution in [1.29, 1.82) is 0 Å². The summed E-state index contributed by atoms with van der Waals surface area (Å²) in [6, 6.07) is 4.83. The predicted molar refractivity (Wildman–Crippen MR) is 57.4 cm³/mol. The second-order valence-corrected chi connectivity index (χ2v) is 3.43. The van der Waals surface area contributed by atoms with Gasteiger partial charge in [0.25, 0.3) is 0 Å². The van der Waals surface area contributed by atoms with Crippen LogP contribution in [0.2, 0.25) is 5.02 Å². The monoisotopic (exact) mass is 229 g/mol. The van der Waals surface area contributed by atoms with Crippen LogP contribution in [0.4, 0.5) is 0 Å². The zero-order valence-corrected chi connectivity index (χ0v) is 8.99. The van der Waals surface area contributed by atoms with Gasteiger partial charge in [-0.05, 0) is 17.7 Å². The molecule has 1 aromatic rings. The topological polar surface area (TPSA) is 72.5 Å². The Labute approximate surface area is 92.6 Å². The predicted octanol–water partition coefficient (Wildman–Crippen LogP) is 1.48. The summed E-state index contributed by atoms with van der Waals surface area (Å²) >= 11 is 5.82. The van der Waals surface area contributed by atoms with E-state index >= 15 is 0 Å². The summed E-state index contributed by atoms with van der Waals surface area (Å²) in [7, 11) is 1.48. The number of rotatable bonds is 4. The van der Waals surface area contributed by atoms with Gasteiger partial charge in [-0.1, -0.05) is 17.7 Å². The first-order chi connectivity index (χ1) is 7.10. The third-order valence-corrected chi connectivity index (χ3v) is 2.42. The molecule has 1 rings (SSSR count). The molecule has 0 aliphatic heterocycles. The Morgan fingerprint density at radius 2 is 2.33 bits per heavy atom. The van der Waals surface area contributed by atoms with Gasteiger partial charge in [-0.2, -0.15) is 0 Å². The molecule has 0 saturated carbocycles. The third-order valence-electron chi connectivity index (χ3n) is 2.11. The third kappa shape index (κ3) is 2.61. The second-order valence-electron chi connectivity index (χ2n) is 3.02. The highest BCUT2D eigenvalue weighted by atomic mass is 35.5. The van der Waals surface area contributed by atoms with E-state index in [4.69, 9.17) is 27.2 Å². The minimum Gasteiger partial charge on any atom is -0.495 e. The highest BCUT2D eigenvalue weighted by Crippen LogP contribution is 2.28. The molecule has 15 heavy (non-hydrogen) atoms. The summed E-state index contributed by atoms with van der Waals surface area (Å²) in [5.74, 6) is -1.23. The van der Waals surface area contributed by atoms with E-state index in [0.29, 0.717) is 16.3 Å². The molecule has 5 heteroatoms. The number of carboxylic acids is 1. The first kappa shape index (κ1) is 11.8. The fourth-order valence-corrected chi connectivity index (χ4v) is 1.47. The van der Waals surface area contributed by atoms with Crippen LogP contribution < -0.4 is 10.5 Å². The quantitative estimate of drug-likeness (QED) is 0.820. The van der Waals surface area contributed by atoms with Crippen molar-refractivity contribution in [1.82, 2.24) is 0 Å². The van der Waals surface area contributed by atoms with Crippen LogP contribution in [0.1, 0.15) is 11.5 Å². The molecule has 1 aromatic carbocycles. The van der Waals surface area contributed by atoms with Crippen molar-refractivity contribution in [2.24, 2.45) is 5.73 Å². The van der Waals surface area contributed by atoms with Crippen molar-refractivity contribution in [2.45, 2.75) is 5.92 Å².